The van der Waals surface area contributed by atoms with E-state index in [0.717, 1.165) is 10.5 Å². The van der Waals surface area contributed by atoms with Crippen molar-refractivity contribution in [1.29, 1.82) is 0 Å². The van der Waals surface area contributed by atoms with Gasteiger partial charge in [0.1, 0.15) is 0 Å². The first-order chi connectivity index (χ1) is 8.99. The van der Waals surface area contributed by atoms with Crippen LogP contribution in [0.5, 0.6) is 0 Å². The summed E-state index contributed by atoms with van der Waals surface area (Å²) in [4.78, 5) is 0.887. The van der Waals surface area contributed by atoms with Crippen LogP contribution in [0.3, 0.4) is 0 Å². The highest BCUT2D eigenvalue weighted by Crippen LogP contribution is 2.34. The van der Waals surface area contributed by atoms with Gasteiger partial charge in [0.05, 0.1) is 10.6 Å². The highest BCUT2D eigenvalue weighted by atomic mass is 35.5. The molecule has 0 saturated heterocycles. The van der Waals surface area contributed by atoms with Crippen LogP contribution in [0.4, 0.5) is 5.69 Å². The van der Waals surface area contributed by atoms with E-state index in [4.69, 9.17) is 17.3 Å². The van der Waals surface area contributed by atoms with Crippen LogP contribution in [-0.4, -0.2) is 10.9 Å². The van der Waals surface area contributed by atoms with Gasteiger partial charge in [-0.25, -0.2) is 0 Å². The Morgan fingerprint density at radius 3 is 2.58 bits per heavy atom. The summed E-state index contributed by atoms with van der Waals surface area (Å²) in [5.41, 5.74) is 6.40. The Morgan fingerprint density at radius 1 is 1.21 bits per heavy atom. The molecule has 2 rings (SSSR count). The van der Waals surface area contributed by atoms with Gasteiger partial charge in [-0.1, -0.05) is 41.9 Å². The van der Waals surface area contributed by atoms with E-state index in [2.05, 4.69) is 0 Å². The number of aliphatic hydroxyl groups is 1. The Bertz CT molecular complexity index is 557. The Hall–Kier alpha value is -1.16. The van der Waals surface area contributed by atoms with Gasteiger partial charge in [0.25, 0.3) is 0 Å². The predicted octanol–water partition coefficient (Wildman–Crippen LogP) is 3.92. The lowest BCUT2D eigenvalue weighted by Crippen LogP contribution is -2.24. The summed E-state index contributed by atoms with van der Waals surface area (Å²) >= 11 is 7.61. The van der Waals surface area contributed by atoms with Crippen molar-refractivity contribution in [2.75, 3.05) is 11.5 Å². The minimum absolute atomic E-state index is 0.514. The SMILES string of the molecule is CC(O)(CSc1cc(N)ccc1Cl)c1ccccc1. The third-order valence-electron chi connectivity index (χ3n) is 2.86. The van der Waals surface area contributed by atoms with Crippen molar-refractivity contribution in [2.45, 2.75) is 17.4 Å². The van der Waals surface area contributed by atoms with Gasteiger partial charge in [0.2, 0.25) is 0 Å². The second-order valence-corrected chi connectivity index (χ2v) is 6.04. The van der Waals surface area contributed by atoms with Crippen LogP contribution < -0.4 is 5.73 Å². The van der Waals surface area contributed by atoms with Crippen LogP contribution in [0.15, 0.2) is 53.4 Å². The zero-order valence-electron chi connectivity index (χ0n) is 10.6. The fourth-order valence-electron chi connectivity index (χ4n) is 1.73. The Labute approximate surface area is 122 Å². The first-order valence-electron chi connectivity index (χ1n) is 5.95. The van der Waals surface area contributed by atoms with Crippen molar-refractivity contribution in [2.24, 2.45) is 0 Å². The normalized spacial score (nSPS) is 14.1. The monoisotopic (exact) mass is 293 g/mol. The summed E-state index contributed by atoms with van der Waals surface area (Å²) in [5, 5.41) is 11.2. The summed E-state index contributed by atoms with van der Waals surface area (Å²) in [6.07, 6.45) is 0. The molecule has 3 N–H and O–H groups in total. The molecule has 0 aromatic heterocycles. The number of nitrogens with two attached hydrogens (primary N) is 1. The van der Waals surface area contributed by atoms with E-state index in [1.807, 2.05) is 36.4 Å². The molecule has 1 atom stereocenters. The first kappa shape index (κ1) is 14.3. The molecule has 0 radical (unpaired) electrons. The van der Waals surface area contributed by atoms with Gasteiger partial charge in [0.15, 0.2) is 0 Å². The maximum atomic E-state index is 10.5. The molecule has 0 aliphatic heterocycles. The number of hydrogen-bond acceptors (Lipinski definition) is 3. The summed E-state index contributed by atoms with van der Waals surface area (Å²) in [6, 6.07) is 15.0. The second-order valence-electron chi connectivity index (χ2n) is 4.62. The number of thioether (sulfide) groups is 1. The van der Waals surface area contributed by atoms with Crippen LogP contribution >= 0.6 is 23.4 Å². The average Bonchev–Trinajstić information content (AvgIpc) is 2.41. The number of anilines is 1. The maximum Gasteiger partial charge on any atom is 0.0962 e. The number of halogens is 1. The number of rotatable bonds is 4. The molecular weight excluding hydrogens is 278 g/mol. The smallest absolute Gasteiger partial charge is 0.0962 e. The molecule has 2 nitrogen and oxygen atoms in total. The Balaban J connectivity index is 2.12. The van der Waals surface area contributed by atoms with Crippen LogP contribution in [-0.2, 0) is 5.60 Å². The molecule has 0 amide bonds. The molecule has 0 aliphatic carbocycles. The highest BCUT2D eigenvalue weighted by Gasteiger charge is 2.23. The van der Waals surface area contributed by atoms with Gasteiger partial charge in [-0.05, 0) is 30.7 Å². The Morgan fingerprint density at radius 2 is 1.89 bits per heavy atom. The Kier molecular flexibility index (Phi) is 4.40. The highest BCUT2D eigenvalue weighted by molar-refractivity contribution is 7.99. The van der Waals surface area contributed by atoms with Crippen molar-refractivity contribution in [3.63, 3.8) is 0 Å². The predicted molar refractivity (Wildman–Crippen MR) is 82.6 cm³/mol. The van der Waals surface area contributed by atoms with E-state index < -0.39 is 5.60 Å². The van der Waals surface area contributed by atoms with Crippen molar-refractivity contribution in [3.05, 3.63) is 59.1 Å². The van der Waals surface area contributed by atoms with E-state index in [-0.39, 0.29) is 0 Å². The van der Waals surface area contributed by atoms with E-state index in [1.165, 1.54) is 11.8 Å². The standard InChI is InChI=1S/C15H16ClNOS/c1-15(18,11-5-3-2-4-6-11)10-19-14-9-12(17)7-8-13(14)16/h2-9,18H,10,17H2,1H3. The summed E-state index contributed by atoms with van der Waals surface area (Å²) in [6.45, 7) is 1.80. The quantitative estimate of drug-likeness (QED) is 0.663. The third-order valence-corrected chi connectivity index (χ3v) is 4.66. The van der Waals surface area contributed by atoms with Gasteiger partial charge in [0, 0.05) is 16.3 Å². The zero-order valence-corrected chi connectivity index (χ0v) is 12.2. The van der Waals surface area contributed by atoms with Crippen molar-refractivity contribution in [3.8, 4) is 0 Å². The number of hydrogen-bond donors (Lipinski definition) is 2. The average molecular weight is 294 g/mol. The molecule has 1 unspecified atom stereocenters. The van der Waals surface area contributed by atoms with Crippen LogP contribution in [0, 0.1) is 0 Å². The minimum Gasteiger partial charge on any atom is -0.399 e. The zero-order chi connectivity index (χ0) is 13.9. The molecule has 0 fully saturated rings. The van der Waals surface area contributed by atoms with Crippen LogP contribution in [0.2, 0.25) is 5.02 Å². The second kappa shape index (κ2) is 5.87. The van der Waals surface area contributed by atoms with Gasteiger partial charge >= 0.3 is 0 Å². The molecule has 0 aliphatic rings. The molecule has 0 heterocycles. The molecule has 0 saturated carbocycles. The number of nitrogen functional groups attached to an aromatic ring is 1. The fraction of sp³-hybridized carbons (Fsp3) is 0.200. The van der Waals surface area contributed by atoms with Gasteiger partial charge in [-0.3, -0.25) is 0 Å². The number of benzene rings is 2. The lowest BCUT2D eigenvalue weighted by molar-refractivity contribution is 0.0839. The van der Waals surface area contributed by atoms with Crippen molar-refractivity contribution in [1.82, 2.24) is 0 Å². The first-order valence-corrected chi connectivity index (χ1v) is 7.31. The molecule has 19 heavy (non-hydrogen) atoms. The molecule has 2 aromatic carbocycles. The lowest BCUT2D eigenvalue weighted by atomic mass is 9.99. The van der Waals surface area contributed by atoms with Gasteiger partial charge < -0.3 is 10.8 Å². The van der Waals surface area contributed by atoms with Crippen LogP contribution in [0.1, 0.15) is 12.5 Å². The third kappa shape index (κ3) is 3.66. The molecule has 2 aromatic rings. The van der Waals surface area contributed by atoms with Crippen LogP contribution in [0.25, 0.3) is 0 Å². The van der Waals surface area contributed by atoms with E-state index in [9.17, 15) is 5.11 Å². The lowest BCUT2D eigenvalue weighted by Gasteiger charge is -2.23. The fourth-order valence-corrected chi connectivity index (χ4v) is 3.04. The molecule has 0 spiro atoms. The summed E-state index contributed by atoms with van der Waals surface area (Å²) in [7, 11) is 0. The maximum absolute atomic E-state index is 10.5. The minimum atomic E-state index is -0.903. The molecular formula is C15H16ClNOS. The van der Waals surface area contributed by atoms with E-state index in [0.29, 0.717) is 16.5 Å². The van der Waals surface area contributed by atoms with Crippen molar-refractivity contribution >= 4 is 29.1 Å². The van der Waals surface area contributed by atoms with Gasteiger partial charge in [-0.15, -0.1) is 11.8 Å². The van der Waals surface area contributed by atoms with E-state index >= 15 is 0 Å². The molecule has 4 heteroatoms. The topological polar surface area (TPSA) is 46.2 Å². The molecule has 100 valence electrons. The molecule has 0 bridgehead atoms. The summed E-state index contributed by atoms with van der Waals surface area (Å²) < 4.78 is 0. The summed E-state index contributed by atoms with van der Waals surface area (Å²) in [5.74, 6) is 0.514. The largest absolute Gasteiger partial charge is 0.399 e. The van der Waals surface area contributed by atoms with Crippen molar-refractivity contribution < 1.29 is 5.11 Å². The van der Waals surface area contributed by atoms with E-state index in [1.54, 1.807) is 19.1 Å². The van der Waals surface area contributed by atoms with Gasteiger partial charge in [-0.2, -0.15) is 0 Å².